The topological polar surface area (TPSA) is 81.5 Å². The highest BCUT2D eigenvalue weighted by Crippen LogP contribution is 2.35. The van der Waals surface area contributed by atoms with Crippen molar-refractivity contribution in [1.82, 2.24) is 13.9 Å². The first kappa shape index (κ1) is 24.2. The Bertz CT molecular complexity index is 1440. The van der Waals surface area contributed by atoms with Crippen LogP contribution >= 0.6 is 0 Å². The molecule has 0 spiro atoms. The first-order valence-corrected chi connectivity index (χ1v) is 13.6. The number of aromatic nitrogens is 2. The number of hydrogen-bond donors (Lipinski definition) is 0. The fraction of sp³-hybridized carbons (Fsp3) is 0.286. The van der Waals surface area contributed by atoms with Gasteiger partial charge in [-0.25, -0.2) is 13.4 Å². The molecule has 1 aliphatic rings. The maximum atomic E-state index is 13.3. The van der Waals surface area contributed by atoms with Crippen molar-refractivity contribution in [2.45, 2.75) is 43.2 Å². The van der Waals surface area contributed by atoms with Gasteiger partial charge < -0.3 is 14.1 Å². The molecule has 1 atom stereocenters. The number of benzene rings is 2. The molecule has 7 nitrogen and oxygen atoms in total. The highest BCUT2D eigenvalue weighted by molar-refractivity contribution is 7.89. The molecule has 0 radical (unpaired) electrons. The highest BCUT2D eigenvalue weighted by Gasteiger charge is 2.31. The van der Waals surface area contributed by atoms with Crippen molar-refractivity contribution in [3.05, 3.63) is 90.3 Å². The zero-order chi connectivity index (χ0) is 25.1. The lowest BCUT2D eigenvalue weighted by Crippen LogP contribution is -2.37. The Labute approximate surface area is 211 Å². The van der Waals surface area contributed by atoms with E-state index in [2.05, 4.69) is 4.98 Å². The van der Waals surface area contributed by atoms with E-state index in [0.717, 1.165) is 28.4 Å². The van der Waals surface area contributed by atoms with Gasteiger partial charge in [0.15, 0.2) is 0 Å². The van der Waals surface area contributed by atoms with E-state index < -0.39 is 10.0 Å². The number of nitrogens with zero attached hydrogens (tertiary/aromatic N) is 3. The third-order valence-electron chi connectivity index (χ3n) is 6.87. The van der Waals surface area contributed by atoms with Crippen molar-refractivity contribution in [3.8, 4) is 5.75 Å². The van der Waals surface area contributed by atoms with Gasteiger partial charge in [-0.1, -0.05) is 30.3 Å². The summed E-state index contributed by atoms with van der Waals surface area (Å²) in [5, 5.41) is 1.03. The van der Waals surface area contributed by atoms with E-state index >= 15 is 0 Å². The van der Waals surface area contributed by atoms with Gasteiger partial charge in [0.1, 0.15) is 23.8 Å². The van der Waals surface area contributed by atoms with Crippen molar-refractivity contribution < 1.29 is 17.9 Å². The Morgan fingerprint density at radius 3 is 2.44 bits per heavy atom. The van der Waals surface area contributed by atoms with E-state index in [1.54, 1.807) is 34.8 Å². The number of rotatable bonds is 8. The number of ether oxygens (including phenoxy) is 1. The predicted octanol–water partition coefficient (Wildman–Crippen LogP) is 4.94. The Balaban J connectivity index is 1.26. The first-order chi connectivity index (χ1) is 17.5. The lowest BCUT2D eigenvalue weighted by Gasteiger charge is -2.31. The maximum Gasteiger partial charge on any atom is 0.243 e. The standard InChI is InChI=1S/C28H29N3O4S/c1-21(22-6-3-2-4-7-22)35-24-9-11-25(12-10-24)36(33,34)31-16-13-23(14-17-31)27-20-30(18-19-32)28-26(27)8-5-15-29-28/h2-12,15,19-21,23H,13-14,16-18H2,1H3. The average Bonchev–Trinajstić information content (AvgIpc) is 3.28. The zero-order valence-corrected chi connectivity index (χ0v) is 21.0. The molecular formula is C28H29N3O4S. The number of fused-ring (bicyclic) bond motifs is 1. The van der Waals surface area contributed by atoms with Gasteiger partial charge >= 0.3 is 0 Å². The summed E-state index contributed by atoms with van der Waals surface area (Å²) in [6, 6.07) is 20.5. The molecule has 1 aliphatic heterocycles. The van der Waals surface area contributed by atoms with Crippen LogP contribution in [0, 0.1) is 0 Å². The van der Waals surface area contributed by atoms with E-state index in [4.69, 9.17) is 4.74 Å². The minimum absolute atomic E-state index is 0.139. The average molecular weight is 504 g/mol. The second kappa shape index (κ2) is 10.2. The van der Waals surface area contributed by atoms with Crippen LogP contribution in [0.15, 0.2) is 84.0 Å². The molecule has 0 aliphatic carbocycles. The van der Waals surface area contributed by atoms with E-state index in [-0.39, 0.29) is 23.5 Å². The van der Waals surface area contributed by atoms with Crippen molar-refractivity contribution in [3.63, 3.8) is 0 Å². The molecule has 0 N–H and O–H groups in total. The van der Waals surface area contributed by atoms with Crippen LogP contribution in [-0.4, -0.2) is 41.6 Å². The van der Waals surface area contributed by atoms with Crippen LogP contribution < -0.4 is 4.74 Å². The molecule has 2 aromatic carbocycles. The van der Waals surface area contributed by atoms with Crippen molar-refractivity contribution >= 4 is 27.3 Å². The Hall–Kier alpha value is -3.49. The van der Waals surface area contributed by atoms with Crippen LogP contribution in [0.5, 0.6) is 5.75 Å². The van der Waals surface area contributed by atoms with Crippen molar-refractivity contribution in [2.24, 2.45) is 0 Å². The minimum Gasteiger partial charge on any atom is -0.486 e. The van der Waals surface area contributed by atoms with E-state index in [9.17, 15) is 13.2 Å². The minimum atomic E-state index is -3.60. The summed E-state index contributed by atoms with van der Waals surface area (Å²) < 4.78 is 36.1. The number of carbonyl (C=O) groups excluding carboxylic acids is 1. The van der Waals surface area contributed by atoms with Gasteiger partial charge in [0.25, 0.3) is 0 Å². The number of aldehydes is 1. The van der Waals surface area contributed by atoms with Crippen LogP contribution in [0.1, 0.15) is 42.9 Å². The fourth-order valence-corrected chi connectivity index (χ4v) is 6.41. The summed E-state index contributed by atoms with van der Waals surface area (Å²) >= 11 is 0. The highest BCUT2D eigenvalue weighted by atomic mass is 32.2. The SMILES string of the molecule is CC(Oc1ccc(S(=O)(=O)N2CCC(c3cn(CC=O)c4ncccc34)CC2)cc1)c1ccccc1. The largest absolute Gasteiger partial charge is 0.486 e. The van der Waals surface area contributed by atoms with Crippen LogP contribution in [0.4, 0.5) is 0 Å². The first-order valence-electron chi connectivity index (χ1n) is 12.2. The molecule has 1 fully saturated rings. The van der Waals surface area contributed by atoms with Gasteiger partial charge in [0.05, 0.1) is 11.4 Å². The molecule has 8 heteroatoms. The van der Waals surface area contributed by atoms with Gasteiger partial charge in [0, 0.05) is 30.9 Å². The molecule has 5 rings (SSSR count). The van der Waals surface area contributed by atoms with Crippen LogP contribution in [0.2, 0.25) is 0 Å². The Morgan fingerprint density at radius 1 is 1.03 bits per heavy atom. The molecule has 0 bridgehead atoms. The molecule has 3 heterocycles. The lowest BCUT2D eigenvalue weighted by atomic mass is 9.90. The summed E-state index contributed by atoms with van der Waals surface area (Å²) in [4.78, 5) is 15.8. The summed E-state index contributed by atoms with van der Waals surface area (Å²) in [7, 11) is -3.60. The fourth-order valence-electron chi connectivity index (χ4n) is 4.94. The van der Waals surface area contributed by atoms with Crippen molar-refractivity contribution in [2.75, 3.05) is 13.1 Å². The van der Waals surface area contributed by atoms with Crippen LogP contribution in [0.25, 0.3) is 11.0 Å². The molecular weight excluding hydrogens is 474 g/mol. The molecule has 1 saturated heterocycles. The quantitative estimate of drug-likeness (QED) is 0.318. The molecule has 186 valence electrons. The molecule has 0 saturated carbocycles. The lowest BCUT2D eigenvalue weighted by molar-refractivity contribution is -0.108. The normalized spacial score (nSPS) is 16.1. The molecule has 4 aromatic rings. The maximum absolute atomic E-state index is 13.3. The molecule has 1 unspecified atom stereocenters. The monoisotopic (exact) mass is 503 g/mol. The predicted molar refractivity (Wildman–Crippen MR) is 138 cm³/mol. The van der Waals surface area contributed by atoms with Crippen LogP contribution in [0.3, 0.4) is 0 Å². The Morgan fingerprint density at radius 2 is 1.75 bits per heavy atom. The smallest absolute Gasteiger partial charge is 0.243 e. The number of pyridine rings is 1. The number of piperidine rings is 1. The van der Waals surface area contributed by atoms with Gasteiger partial charge in [-0.15, -0.1) is 0 Å². The Kier molecular flexibility index (Phi) is 6.89. The van der Waals surface area contributed by atoms with E-state index in [0.29, 0.717) is 31.7 Å². The van der Waals surface area contributed by atoms with Gasteiger partial charge in [0.2, 0.25) is 10.0 Å². The van der Waals surface area contributed by atoms with Crippen LogP contribution in [-0.2, 0) is 21.4 Å². The summed E-state index contributed by atoms with van der Waals surface area (Å²) in [5.41, 5.74) is 2.98. The number of carbonyl (C=O) groups is 1. The van der Waals surface area contributed by atoms with Crippen molar-refractivity contribution in [1.29, 1.82) is 0 Å². The third-order valence-corrected chi connectivity index (χ3v) is 8.79. The number of sulfonamides is 1. The molecule has 36 heavy (non-hydrogen) atoms. The van der Waals surface area contributed by atoms with E-state index in [1.165, 1.54) is 0 Å². The molecule has 2 aromatic heterocycles. The summed E-state index contributed by atoms with van der Waals surface area (Å²) in [5.74, 6) is 0.843. The third kappa shape index (κ3) is 4.79. The van der Waals surface area contributed by atoms with Gasteiger partial charge in [-0.05, 0) is 73.2 Å². The second-order valence-electron chi connectivity index (χ2n) is 9.10. The zero-order valence-electron chi connectivity index (χ0n) is 20.2. The van der Waals surface area contributed by atoms with Gasteiger partial charge in [-0.2, -0.15) is 4.31 Å². The second-order valence-corrected chi connectivity index (χ2v) is 11.0. The van der Waals surface area contributed by atoms with Gasteiger partial charge in [-0.3, -0.25) is 0 Å². The number of hydrogen-bond acceptors (Lipinski definition) is 5. The molecule has 0 amide bonds. The van der Waals surface area contributed by atoms with E-state index in [1.807, 2.05) is 60.2 Å². The summed E-state index contributed by atoms with van der Waals surface area (Å²) in [6.45, 7) is 3.11. The summed E-state index contributed by atoms with van der Waals surface area (Å²) in [6.07, 6.45) is 5.87.